The molecule has 11 heavy (non-hydrogen) atoms. The van der Waals surface area contributed by atoms with Crippen molar-refractivity contribution in [3.8, 4) is 0 Å². The maximum Gasteiger partial charge on any atom is 0.0500 e. The number of hydrogen-bond acceptors (Lipinski definition) is 3. The summed E-state index contributed by atoms with van der Waals surface area (Å²) in [4.78, 5) is 0. The second kappa shape index (κ2) is 4.33. The second-order valence-electron chi connectivity index (χ2n) is 3.30. The van der Waals surface area contributed by atoms with E-state index < -0.39 is 0 Å². The van der Waals surface area contributed by atoms with Crippen molar-refractivity contribution in [1.82, 2.24) is 5.32 Å². The van der Waals surface area contributed by atoms with Crippen LogP contribution in [0, 0.1) is 5.41 Å². The zero-order valence-corrected chi connectivity index (χ0v) is 7.91. The summed E-state index contributed by atoms with van der Waals surface area (Å²) in [6.07, 6.45) is 2.32. The first-order valence-corrected chi connectivity index (χ1v) is 5.32. The van der Waals surface area contributed by atoms with E-state index in [1.807, 2.05) is 18.8 Å². The summed E-state index contributed by atoms with van der Waals surface area (Å²) >= 11 is 2.00. The van der Waals surface area contributed by atoms with Gasteiger partial charge in [0.25, 0.3) is 0 Å². The van der Waals surface area contributed by atoms with Gasteiger partial charge in [-0.1, -0.05) is 0 Å². The first-order valence-electron chi connectivity index (χ1n) is 4.16. The SMILES string of the molecule is CNCC1(CO)CCSCC1. The molecule has 3 heteroatoms. The van der Waals surface area contributed by atoms with Gasteiger partial charge in [-0.25, -0.2) is 0 Å². The highest BCUT2D eigenvalue weighted by Gasteiger charge is 2.30. The molecule has 0 unspecified atom stereocenters. The predicted molar refractivity (Wildman–Crippen MR) is 50.0 cm³/mol. The molecule has 66 valence electrons. The van der Waals surface area contributed by atoms with Gasteiger partial charge in [0.2, 0.25) is 0 Å². The highest BCUT2D eigenvalue weighted by Crippen LogP contribution is 2.33. The zero-order valence-electron chi connectivity index (χ0n) is 7.10. The molecular formula is C8H17NOS. The number of aliphatic hydroxyl groups is 1. The van der Waals surface area contributed by atoms with Gasteiger partial charge >= 0.3 is 0 Å². The van der Waals surface area contributed by atoms with E-state index >= 15 is 0 Å². The fourth-order valence-corrected chi connectivity index (χ4v) is 2.93. The Bertz CT molecular complexity index is 107. The number of nitrogens with one attached hydrogen (secondary N) is 1. The Morgan fingerprint density at radius 3 is 2.55 bits per heavy atom. The fourth-order valence-electron chi connectivity index (χ4n) is 1.57. The summed E-state index contributed by atoms with van der Waals surface area (Å²) in [6, 6.07) is 0. The average molecular weight is 175 g/mol. The van der Waals surface area contributed by atoms with E-state index in [0.29, 0.717) is 6.61 Å². The van der Waals surface area contributed by atoms with Crippen molar-refractivity contribution in [2.45, 2.75) is 12.8 Å². The van der Waals surface area contributed by atoms with Crippen LogP contribution < -0.4 is 5.32 Å². The zero-order chi connectivity index (χ0) is 8.16. The number of rotatable bonds is 3. The summed E-state index contributed by atoms with van der Waals surface area (Å²) in [5, 5.41) is 12.4. The monoisotopic (exact) mass is 175 g/mol. The van der Waals surface area contributed by atoms with Crippen LogP contribution in [0.15, 0.2) is 0 Å². The van der Waals surface area contributed by atoms with Gasteiger partial charge in [0.1, 0.15) is 0 Å². The first kappa shape index (κ1) is 9.36. The molecule has 2 N–H and O–H groups in total. The Labute approximate surface area is 72.8 Å². The molecule has 1 fully saturated rings. The Kier molecular flexibility index (Phi) is 3.69. The number of aliphatic hydroxyl groups excluding tert-OH is 1. The lowest BCUT2D eigenvalue weighted by Gasteiger charge is -2.34. The normalized spacial score (nSPS) is 23.5. The predicted octanol–water partition coefficient (Wildman–Crippen LogP) is 0.711. The highest BCUT2D eigenvalue weighted by molar-refractivity contribution is 7.99. The molecule has 0 aromatic heterocycles. The van der Waals surface area contributed by atoms with Crippen LogP contribution in [0.1, 0.15) is 12.8 Å². The number of thioether (sulfide) groups is 1. The van der Waals surface area contributed by atoms with Crippen molar-refractivity contribution < 1.29 is 5.11 Å². The molecule has 0 aliphatic carbocycles. The molecule has 0 spiro atoms. The van der Waals surface area contributed by atoms with E-state index in [1.165, 1.54) is 11.5 Å². The molecule has 0 atom stereocenters. The van der Waals surface area contributed by atoms with E-state index in [0.717, 1.165) is 19.4 Å². The minimum absolute atomic E-state index is 0.194. The van der Waals surface area contributed by atoms with Crippen LogP contribution >= 0.6 is 11.8 Å². The van der Waals surface area contributed by atoms with Gasteiger partial charge in [-0.3, -0.25) is 0 Å². The van der Waals surface area contributed by atoms with Crippen molar-refractivity contribution in [2.75, 3.05) is 31.7 Å². The summed E-state index contributed by atoms with van der Waals surface area (Å²) in [5.74, 6) is 2.42. The minimum atomic E-state index is 0.194. The second-order valence-corrected chi connectivity index (χ2v) is 4.53. The van der Waals surface area contributed by atoms with Gasteiger partial charge in [0.05, 0.1) is 0 Å². The van der Waals surface area contributed by atoms with Gasteiger partial charge in [-0.15, -0.1) is 0 Å². The van der Waals surface area contributed by atoms with Gasteiger partial charge in [-0.2, -0.15) is 11.8 Å². The Hall–Kier alpha value is 0.270. The maximum absolute atomic E-state index is 9.22. The Morgan fingerprint density at radius 1 is 1.45 bits per heavy atom. The highest BCUT2D eigenvalue weighted by atomic mass is 32.2. The van der Waals surface area contributed by atoms with Crippen molar-refractivity contribution >= 4 is 11.8 Å². The molecule has 1 rings (SSSR count). The maximum atomic E-state index is 9.22. The van der Waals surface area contributed by atoms with Crippen molar-refractivity contribution in [3.63, 3.8) is 0 Å². The van der Waals surface area contributed by atoms with Crippen LogP contribution in [0.5, 0.6) is 0 Å². The van der Waals surface area contributed by atoms with Crippen LogP contribution in [-0.2, 0) is 0 Å². The summed E-state index contributed by atoms with van der Waals surface area (Å²) in [7, 11) is 1.96. The van der Waals surface area contributed by atoms with Crippen LogP contribution in [-0.4, -0.2) is 36.8 Å². The summed E-state index contributed by atoms with van der Waals surface area (Å²) < 4.78 is 0. The van der Waals surface area contributed by atoms with Crippen molar-refractivity contribution in [2.24, 2.45) is 5.41 Å². The molecule has 1 aliphatic rings. The van der Waals surface area contributed by atoms with Gasteiger partial charge in [0, 0.05) is 18.6 Å². The molecule has 2 nitrogen and oxygen atoms in total. The van der Waals surface area contributed by atoms with Crippen LogP contribution in [0.25, 0.3) is 0 Å². The Balaban J connectivity index is 2.42. The molecule has 0 aromatic rings. The summed E-state index contributed by atoms with van der Waals surface area (Å²) in [6.45, 7) is 1.30. The van der Waals surface area contributed by atoms with Crippen molar-refractivity contribution in [1.29, 1.82) is 0 Å². The van der Waals surface area contributed by atoms with E-state index in [4.69, 9.17) is 0 Å². The molecule has 1 saturated heterocycles. The fraction of sp³-hybridized carbons (Fsp3) is 1.00. The number of hydrogen-bond donors (Lipinski definition) is 2. The molecule has 0 radical (unpaired) electrons. The third-order valence-electron chi connectivity index (χ3n) is 2.44. The minimum Gasteiger partial charge on any atom is -0.396 e. The standard InChI is InChI=1S/C8H17NOS/c1-9-6-8(7-10)2-4-11-5-3-8/h9-10H,2-7H2,1H3. The van der Waals surface area contributed by atoms with Crippen LogP contribution in [0.4, 0.5) is 0 Å². The van der Waals surface area contributed by atoms with Crippen molar-refractivity contribution in [3.05, 3.63) is 0 Å². The molecule has 0 bridgehead atoms. The van der Waals surface area contributed by atoms with Gasteiger partial charge < -0.3 is 10.4 Å². The largest absolute Gasteiger partial charge is 0.396 e. The smallest absolute Gasteiger partial charge is 0.0500 e. The average Bonchev–Trinajstić information content (AvgIpc) is 2.07. The van der Waals surface area contributed by atoms with Gasteiger partial charge in [-0.05, 0) is 31.4 Å². The van der Waals surface area contributed by atoms with E-state index in [-0.39, 0.29) is 5.41 Å². The molecule has 0 aromatic carbocycles. The molecular weight excluding hydrogens is 158 g/mol. The summed E-state index contributed by atoms with van der Waals surface area (Å²) in [5.41, 5.74) is 0.194. The van der Waals surface area contributed by atoms with Gasteiger partial charge in [0.15, 0.2) is 0 Å². The lowest BCUT2D eigenvalue weighted by atomic mass is 9.83. The Morgan fingerprint density at radius 2 is 2.09 bits per heavy atom. The first-order chi connectivity index (χ1) is 5.33. The molecule has 1 heterocycles. The lowest BCUT2D eigenvalue weighted by Crippen LogP contribution is -2.39. The molecule has 1 aliphatic heterocycles. The quantitative estimate of drug-likeness (QED) is 0.662. The topological polar surface area (TPSA) is 32.3 Å². The van der Waals surface area contributed by atoms with Crippen LogP contribution in [0.2, 0.25) is 0 Å². The molecule has 0 amide bonds. The third kappa shape index (κ3) is 2.36. The van der Waals surface area contributed by atoms with E-state index in [1.54, 1.807) is 0 Å². The van der Waals surface area contributed by atoms with E-state index in [9.17, 15) is 5.11 Å². The van der Waals surface area contributed by atoms with E-state index in [2.05, 4.69) is 5.32 Å². The lowest BCUT2D eigenvalue weighted by molar-refractivity contribution is 0.115. The third-order valence-corrected chi connectivity index (χ3v) is 3.43. The van der Waals surface area contributed by atoms with Crippen LogP contribution in [0.3, 0.4) is 0 Å². The molecule has 0 saturated carbocycles.